The first-order chi connectivity index (χ1) is 12.1. The van der Waals surface area contributed by atoms with Gasteiger partial charge in [-0.25, -0.2) is 4.79 Å². The summed E-state index contributed by atoms with van der Waals surface area (Å²) >= 11 is 1.67. The van der Waals surface area contributed by atoms with Crippen molar-refractivity contribution in [2.24, 2.45) is 0 Å². The number of thioether (sulfide) groups is 1. The van der Waals surface area contributed by atoms with Crippen molar-refractivity contribution in [2.75, 3.05) is 6.26 Å². The van der Waals surface area contributed by atoms with Crippen molar-refractivity contribution in [1.82, 2.24) is 10.2 Å². The third-order valence-corrected chi connectivity index (χ3v) is 5.31. The van der Waals surface area contributed by atoms with E-state index in [0.29, 0.717) is 6.42 Å². The average molecular weight is 354 g/mol. The van der Waals surface area contributed by atoms with Crippen LogP contribution in [0.15, 0.2) is 59.5 Å². The first kappa shape index (κ1) is 17.5. The van der Waals surface area contributed by atoms with Crippen LogP contribution in [0, 0.1) is 0 Å². The monoisotopic (exact) mass is 354 g/mol. The maximum absolute atomic E-state index is 13.2. The fourth-order valence-corrected chi connectivity index (χ4v) is 3.70. The third kappa shape index (κ3) is 3.29. The molecule has 1 saturated heterocycles. The second-order valence-electron chi connectivity index (χ2n) is 6.19. The van der Waals surface area contributed by atoms with E-state index in [9.17, 15) is 9.59 Å². The van der Waals surface area contributed by atoms with E-state index >= 15 is 0 Å². The van der Waals surface area contributed by atoms with Crippen LogP contribution >= 0.6 is 11.8 Å². The van der Waals surface area contributed by atoms with Crippen LogP contribution in [0.1, 0.15) is 30.9 Å². The zero-order valence-electron chi connectivity index (χ0n) is 14.5. The summed E-state index contributed by atoms with van der Waals surface area (Å²) in [7, 11) is 0. The van der Waals surface area contributed by atoms with Gasteiger partial charge >= 0.3 is 6.03 Å². The Kier molecular flexibility index (Phi) is 5.13. The molecule has 0 aliphatic carbocycles. The van der Waals surface area contributed by atoms with E-state index in [0.717, 1.165) is 22.4 Å². The van der Waals surface area contributed by atoms with Crippen molar-refractivity contribution >= 4 is 23.7 Å². The van der Waals surface area contributed by atoms with Crippen molar-refractivity contribution in [3.05, 3.63) is 65.7 Å². The highest BCUT2D eigenvalue weighted by Gasteiger charge is 2.51. The molecule has 1 aliphatic heterocycles. The number of amides is 3. The van der Waals surface area contributed by atoms with Gasteiger partial charge in [0.05, 0.1) is 6.54 Å². The van der Waals surface area contributed by atoms with E-state index in [1.807, 2.05) is 67.8 Å². The minimum absolute atomic E-state index is 0.167. The van der Waals surface area contributed by atoms with Crippen molar-refractivity contribution in [2.45, 2.75) is 36.7 Å². The van der Waals surface area contributed by atoms with Gasteiger partial charge in [0.2, 0.25) is 0 Å². The van der Waals surface area contributed by atoms with E-state index in [1.54, 1.807) is 11.8 Å². The summed E-state index contributed by atoms with van der Waals surface area (Å²) in [4.78, 5) is 28.2. The summed E-state index contributed by atoms with van der Waals surface area (Å²) in [5, 5.41) is 2.96. The summed E-state index contributed by atoms with van der Waals surface area (Å²) in [5.41, 5.74) is 0.837. The Morgan fingerprint density at radius 1 is 1.04 bits per heavy atom. The minimum Gasteiger partial charge on any atom is -0.319 e. The molecule has 1 fully saturated rings. The SMILES string of the molecule is CCCC1(c2ccccc2)NC(=O)N(Cc2ccc(SC)cc2)C1=O. The highest BCUT2D eigenvalue weighted by Crippen LogP contribution is 2.34. The van der Waals surface area contributed by atoms with E-state index in [4.69, 9.17) is 0 Å². The quantitative estimate of drug-likeness (QED) is 0.626. The largest absolute Gasteiger partial charge is 0.325 e. The zero-order valence-corrected chi connectivity index (χ0v) is 15.3. The molecule has 0 bridgehead atoms. The lowest BCUT2D eigenvalue weighted by atomic mass is 9.85. The maximum atomic E-state index is 13.2. The van der Waals surface area contributed by atoms with Crippen LogP contribution in [0.4, 0.5) is 4.79 Å². The summed E-state index contributed by atoms with van der Waals surface area (Å²) in [5.74, 6) is -0.167. The van der Waals surface area contributed by atoms with Crippen molar-refractivity contribution in [3.8, 4) is 0 Å². The first-order valence-electron chi connectivity index (χ1n) is 8.43. The Balaban J connectivity index is 1.89. The van der Waals surface area contributed by atoms with Gasteiger partial charge in [0, 0.05) is 4.90 Å². The topological polar surface area (TPSA) is 49.4 Å². The van der Waals surface area contributed by atoms with E-state index < -0.39 is 5.54 Å². The van der Waals surface area contributed by atoms with Gasteiger partial charge in [-0.15, -0.1) is 11.8 Å². The molecule has 0 saturated carbocycles. The van der Waals surface area contributed by atoms with E-state index in [-0.39, 0.29) is 18.5 Å². The number of hydrogen-bond acceptors (Lipinski definition) is 3. The van der Waals surface area contributed by atoms with Crippen LogP contribution in [0.5, 0.6) is 0 Å². The molecule has 25 heavy (non-hydrogen) atoms. The maximum Gasteiger partial charge on any atom is 0.325 e. The van der Waals surface area contributed by atoms with Crippen LogP contribution in [0.2, 0.25) is 0 Å². The van der Waals surface area contributed by atoms with Crippen LogP contribution in [0.3, 0.4) is 0 Å². The molecule has 0 spiro atoms. The van der Waals surface area contributed by atoms with Crippen molar-refractivity contribution < 1.29 is 9.59 Å². The predicted molar refractivity (Wildman–Crippen MR) is 100 cm³/mol. The van der Waals surface area contributed by atoms with Crippen LogP contribution in [-0.2, 0) is 16.9 Å². The molecular weight excluding hydrogens is 332 g/mol. The van der Waals surface area contributed by atoms with Gasteiger partial charge in [-0.2, -0.15) is 0 Å². The van der Waals surface area contributed by atoms with Gasteiger partial charge in [-0.05, 0) is 35.9 Å². The number of nitrogens with one attached hydrogen (secondary N) is 1. The number of nitrogens with zero attached hydrogens (tertiary/aromatic N) is 1. The molecule has 5 heteroatoms. The Labute approximate surface area is 152 Å². The van der Waals surface area contributed by atoms with Gasteiger partial charge in [0.15, 0.2) is 0 Å². The van der Waals surface area contributed by atoms with Gasteiger partial charge in [-0.1, -0.05) is 55.8 Å². The number of hydrogen-bond donors (Lipinski definition) is 1. The van der Waals surface area contributed by atoms with Crippen LogP contribution < -0.4 is 5.32 Å². The van der Waals surface area contributed by atoms with Gasteiger partial charge in [0.1, 0.15) is 5.54 Å². The number of carbonyl (C=O) groups is 2. The van der Waals surface area contributed by atoms with E-state index in [2.05, 4.69) is 5.32 Å². The second-order valence-corrected chi connectivity index (χ2v) is 7.07. The Morgan fingerprint density at radius 2 is 1.72 bits per heavy atom. The van der Waals surface area contributed by atoms with Gasteiger partial charge in [-0.3, -0.25) is 9.69 Å². The standard InChI is InChI=1S/C20H22N2O2S/c1-3-13-20(16-7-5-4-6-8-16)18(23)22(19(24)21-20)14-15-9-11-17(25-2)12-10-15/h4-12H,3,13-14H2,1-2H3,(H,21,24). The van der Waals surface area contributed by atoms with E-state index in [1.165, 1.54) is 4.90 Å². The fourth-order valence-electron chi connectivity index (χ4n) is 3.29. The molecule has 1 heterocycles. The highest BCUT2D eigenvalue weighted by molar-refractivity contribution is 7.98. The minimum atomic E-state index is -0.952. The molecule has 2 aromatic rings. The molecule has 3 rings (SSSR count). The van der Waals surface area contributed by atoms with Crippen LogP contribution in [-0.4, -0.2) is 23.1 Å². The summed E-state index contributed by atoms with van der Waals surface area (Å²) in [6, 6.07) is 17.2. The molecule has 3 amide bonds. The summed E-state index contributed by atoms with van der Waals surface area (Å²) in [6.07, 6.45) is 3.41. The van der Waals surface area contributed by atoms with Gasteiger partial charge in [0.25, 0.3) is 5.91 Å². The summed E-state index contributed by atoms with van der Waals surface area (Å²) < 4.78 is 0. The number of carbonyl (C=O) groups excluding carboxylic acids is 2. The zero-order chi connectivity index (χ0) is 17.9. The Bertz CT molecular complexity index is 761. The van der Waals surface area contributed by atoms with Gasteiger partial charge < -0.3 is 5.32 Å². The molecule has 130 valence electrons. The molecule has 1 unspecified atom stereocenters. The second kappa shape index (κ2) is 7.31. The predicted octanol–water partition coefficient (Wildman–Crippen LogP) is 4.16. The molecule has 1 atom stereocenters. The normalized spacial score (nSPS) is 20.0. The molecule has 2 aromatic carbocycles. The number of benzene rings is 2. The third-order valence-electron chi connectivity index (χ3n) is 4.57. The lowest BCUT2D eigenvalue weighted by Gasteiger charge is -2.27. The number of urea groups is 1. The molecular formula is C20H22N2O2S. The Hall–Kier alpha value is -2.27. The Morgan fingerprint density at radius 3 is 2.32 bits per heavy atom. The van der Waals surface area contributed by atoms with Crippen molar-refractivity contribution in [3.63, 3.8) is 0 Å². The molecule has 4 nitrogen and oxygen atoms in total. The summed E-state index contributed by atoms with van der Waals surface area (Å²) in [6.45, 7) is 2.31. The molecule has 0 radical (unpaired) electrons. The van der Waals surface area contributed by atoms with Crippen molar-refractivity contribution in [1.29, 1.82) is 0 Å². The molecule has 0 aromatic heterocycles. The average Bonchev–Trinajstić information content (AvgIpc) is 2.88. The number of rotatable bonds is 6. The smallest absolute Gasteiger partial charge is 0.319 e. The molecule has 1 N–H and O–H groups in total. The van der Waals surface area contributed by atoms with Crippen LogP contribution in [0.25, 0.3) is 0 Å². The fraction of sp³-hybridized carbons (Fsp3) is 0.300. The lowest BCUT2D eigenvalue weighted by molar-refractivity contribution is -0.132. The number of imide groups is 1. The molecule has 1 aliphatic rings. The lowest BCUT2D eigenvalue weighted by Crippen LogP contribution is -2.43. The highest BCUT2D eigenvalue weighted by atomic mass is 32.2. The first-order valence-corrected chi connectivity index (χ1v) is 9.66.